The van der Waals surface area contributed by atoms with Crippen molar-refractivity contribution in [1.29, 1.82) is 0 Å². The van der Waals surface area contributed by atoms with Crippen molar-refractivity contribution in [1.82, 2.24) is 19.9 Å². The largest absolute Gasteiger partial charge is 0.369 e. The summed E-state index contributed by atoms with van der Waals surface area (Å²) < 4.78 is 0. The maximum Gasteiger partial charge on any atom is 0.166 e. The lowest BCUT2D eigenvalue weighted by atomic mass is 10.2. The molecule has 5 nitrogen and oxygen atoms in total. The van der Waals surface area contributed by atoms with E-state index in [-0.39, 0.29) is 0 Å². The van der Waals surface area contributed by atoms with E-state index >= 15 is 0 Å². The van der Waals surface area contributed by atoms with E-state index in [1.807, 2.05) is 13.0 Å². The average molecular weight is 299 g/mol. The predicted molar refractivity (Wildman–Crippen MR) is 86.6 cm³/mol. The first-order chi connectivity index (χ1) is 10.2. The molecule has 1 aromatic carbocycles. The summed E-state index contributed by atoms with van der Waals surface area (Å²) in [4.78, 5) is 16.6. The third-order valence-corrected chi connectivity index (χ3v) is 3.94. The Balaban J connectivity index is 1.68. The number of thioether (sulfide) groups is 1. The van der Waals surface area contributed by atoms with Crippen molar-refractivity contribution in [2.45, 2.75) is 24.8 Å². The Morgan fingerprint density at radius 1 is 1.24 bits per heavy atom. The highest BCUT2D eigenvalue weighted by Crippen LogP contribution is 2.22. The van der Waals surface area contributed by atoms with Crippen molar-refractivity contribution in [3.05, 3.63) is 41.9 Å². The molecule has 0 saturated carbocycles. The lowest BCUT2D eigenvalue weighted by Crippen LogP contribution is -2.00. The van der Waals surface area contributed by atoms with Crippen LogP contribution in [0.5, 0.6) is 0 Å². The van der Waals surface area contributed by atoms with Gasteiger partial charge in [-0.25, -0.2) is 9.97 Å². The number of aromatic amines is 1. The lowest BCUT2D eigenvalue weighted by Gasteiger charge is -2.02. The molecule has 0 amide bonds. The van der Waals surface area contributed by atoms with E-state index in [4.69, 9.17) is 0 Å². The molecule has 0 aliphatic rings. The van der Waals surface area contributed by atoms with Crippen molar-refractivity contribution in [2.24, 2.45) is 0 Å². The normalized spacial score (nSPS) is 11.0. The first kappa shape index (κ1) is 13.9. The van der Waals surface area contributed by atoms with Gasteiger partial charge in [-0.05, 0) is 31.5 Å². The summed E-state index contributed by atoms with van der Waals surface area (Å²) in [5.74, 6) is 1.56. The molecule has 0 atom stereocenters. The smallest absolute Gasteiger partial charge is 0.166 e. The number of H-pyrrole nitrogens is 1. The lowest BCUT2D eigenvalue weighted by molar-refractivity contribution is 1.05. The maximum absolute atomic E-state index is 4.56. The molecule has 0 aliphatic heterocycles. The molecular formula is C15H17N5S. The fraction of sp³-hybridized carbons (Fsp3) is 0.267. The van der Waals surface area contributed by atoms with E-state index in [1.54, 1.807) is 24.2 Å². The monoisotopic (exact) mass is 299 g/mol. The van der Waals surface area contributed by atoms with Gasteiger partial charge in [0.1, 0.15) is 5.82 Å². The van der Waals surface area contributed by atoms with E-state index in [0.29, 0.717) is 0 Å². The van der Waals surface area contributed by atoms with Crippen molar-refractivity contribution in [3.8, 4) is 0 Å². The standard InChI is InChI=1S/C15H17N5S/c1-3-16-14-8-17-11(7-18-14)9-21-15-19-12-5-4-10(2)6-13(12)20-15/h4-8H,3,9H2,1-2H3,(H,16,18)(H,19,20). The van der Waals surface area contributed by atoms with Gasteiger partial charge in [0.2, 0.25) is 0 Å². The van der Waals surface area contributed by atoms with Crippen LogP contribution in [0.15, 0.2) is 35.7 Å². The molecule has 0 spiro atoms. The molecule has 2 aromatic heterocycles. The van der Waals surface area contributed by atoms with Crippen molar-refractivity contribution < 1.29 is 0 Å². The van der Waals surface area contributed by atoms with Crippen LogP contribution < -0.4 is 5.32 Å². The summed E-state index contributed by atoms with van der Waals surface area (Å²) in [5, 5.41) is 4.04. The summed E-state index contributed by atoms with van der Waals surface area (Å²) in [7, 11) is 0. The van der Waals surface area contributed by atoms with Gasteiger partial charge in [0.15, 0.2) is 5.16 Å². The van der Waals surface area contributed by atoms with Crippen LogP contribution in [-0.4, -0.2) is 26.5 Å². The van der Waals surface area contributed by atoms with Crippen LogP contribution >= 0.6 is 11.8 Å². The first-order valence-electron chi connectivity index (χ1n) is 6.88. The van der Waals surface area contributed by atoms with Crippen LogP contribution in [0.1, 0.15) is 18.2 Å². The second-order valence-corrected chi connectivity index (χ2v) is 5.74. The average Bonchev–Trinajstić information content (AvgIpc) is 2.89. The Kier molecular flexibility index (Phi) is 4.06. The zero-order valence-corrected chi connectivity index (χ0v) is 12.9. The molecule has 0 bridgehead atoms. The van der Waals surface area contributed by atoms with Gasteiger partial charge in [0, 0.05) is 12.3 Å². The molecule has 0 radical (unpaired) electrons. The summed E-state index contributed by atoms with van der Waals surface area (Å²) in [5.41, 5.74) is 4.24. The van der Waals surface area contributed by atoms with Crippen molar-refractivity contribution >= 4 is 28.6 Å². The highest BCUT2D eigenvalue weighted by Gasteiger charge is 2.05. The highest BCUT2D eigenvalue weighted by atomic mass is 32.2. The van der Waals surface area contributed by atoms with Gasteiger partial charge < -0.3 is 10.3 Å². The van der Waals surface area contributed by atoms with Gasteiger partial charge >= 0.3 is 0 Å². The van der Waals surface area contributed by atoms with E-state index < -0.39 is 0 Å². The summed E-state index contributed by atoms with van der Waals surface area (Å²) in [6, 6.07) is 6.22. The van der Waals surface area contributed by atoms with Crippen LogP contribution in [0.4, 0.5) is 5.82 Å². The number of hydrogen-bond donors (Lipinski definition) is 2. The number of hydrogen-bond acceptors (Lipinski definition) is 5. The Morgan fingerprint density at radius 3 is 2.90 bits per heavy atom. The molecular weight excluding hydrogens is 282 g/mol. The third kappa shape index (κ3) is 3.33. The highest BCUT2D eigenvalue weighted by molar-refractivity contribution is 7.98. The van der Waals surface area contributed by atoms with E-state index in [0.717, 1.165) is 40.0 Å². The van der Waals surface area contributed by atoms with Gasteiger partial charge in [0.25, 0.3) is 0 Å². The Bertz CT molecular complexity index is 735. The van der Waals surface area contributed by atoms with E-state index in [1.165, 1.54) is 5.56 Å². The summed E-state index contributed by atoms with van der Waals surface area (Å²) in [6.07, 6.45) is 3.57. The Labute approximate surface area is 127 Å². The fourth-order valence-corrected chi connectivity index (χ4v) is 2.79. The summed E-state index contributed by atoms with van der Waals surface area (Å²) >= 11 is 1.63. The molecule has 0 unspecified atom stereocenters. The number of benzene rings is 1. The predicted octanol–water partition coefficient (Wildman–Crippen LogP) is 3.39. The van der Waals surface area contributed by atoms with Crippen LogP contribution in [0.3, 0.4) is 0 Å². The number of imidazole rings is 1. The minimum Gasteiger partial charge on any atom is -0.369 e. The van der Waals surface area contributed by atoms with Gasteiger partial charge in [-0.3, -0.25) is 4.98 Å². The zero-order chi connectivity index (χ0) is 14.7. The number of rotatable bonds is 5. The van der Waals surface area contributed by atoms with E-state index in [9.17, 15) is 0 Å². The molecule has 6 heteroatoms. The molecule has 3 aromatic rings. The summed E-state index contributed by atoms with van der Waals surface area (Å²) in [6.45, 7) is 4.96. The van der Waals surface area contributed by atoms with Crippen LogP contribution in [0.2, 0.25) is 0 Å². The number of aromatic nitrogens is 4. The molecule has 21 heavy (non-hydrogen) atoms. The number of nitrogens with zero attached hydrogens (tertiary/aromatic N) is 3. The van der Waals surface area contributed by atoms with Gasteiger partial charge in [-0.1, -0.05) is 17.8 Å². The second kappa shape index (κ2) is 6.13. The first-order valence-corrected chi connectivity index (χ1v) is 7.87. The minimum absolute atomic E-state index is 0.748. The fourth-order valence-electron chi connectivity index (χ4n) is 2.01. The topological polar surface area (TPSA) is 66.5 Å². The molecule has 108 valence electrons. The number of anilines is 1. The quantitative estimate of drug-likeness (QED) is 0.707. The third-order valence-electron chi connectivity index (χ3n) is 3.04. The van der Waals surface area contributed by atoms with E-state index in [2.05, 4.69) is 44.3 Å². The molecule has 3 rings (SSSR count). The van der Waals surface area contributed by atoms with Crippen LogP contribution in [-0.2, 0) is 5.75 Å². The van der Waals surface area contributed by atoms with Crippen LogP contribution in [0, 0.1) is 6.92 Å². The maximum atomic E-state index is 4.56. The molecule has 0 fully saturated rings. The minimum atomic E-state index is 0.748. The second-order valence-electron chi connectivity index (χ2n) is 4.77. The molecule has 0 aliphatic carbocycles. The van der Waals surface area contributed by atoms with Gasteiger partial charge in [-0.2, -0.15) is 0 Å². The number of fused-ring (bicyclic) bond motifs is 1. The number of aryl methyl sites for hydroxylation is 1. The van der Waals surface area contributed by atoms with Crippen molar-refractivity contribution in [2.75, 3.05) is 11.9 Å². The SMILES string of the molecule is CCNc1cnc(CSc2nc3ccc(C)cc3[nH]2)cn1. The van der Waals surface area contributed by atoms with Gasteiger partial charge in [0.05, 0.1) is 29.1 Å². The molecule has 2 heterocycles. The molecule has 2 N–H and O–H groups in total. The zero-order valence-electron chi connectivity index (χ0n) is 12.1. The Hall–Kier alpha value is -2.08. The number of nitrogens with one attached hydrogen (secondary N) is 2. The molecule has 0 saturated heterocycles. The van der Waals surface area contributed by atoms with Crippen molar-refractivity contribution in [3.63, 3.8) is 0 Å². The van der Waals surface area contributed by atoms with Gasteiger partial charge in [-0.15, -0.1) is 0 Å². The van der Waals surface area contributed by atoms with Crippen LogP contribution in [0.25, 0.3) is 11.0 Å². The Morgan fingerprint density at radius 2 is 2.14 bits per heavy atom.